The second-order valence-electron chi connectivity index (χ2n) is 7.74. The summed E-state index contributed by atoms with van der Waals surface area (Å²) >= 11 is 0. The summed E-state index contributed by atoms with van der Waals surface area (Å²) in [5, 5.41) is 5.72. The quantitative estimate of drug-likeness (QED) is 0.701. The monoisotopic (exact) mass is 386 g/mol. The fourth-order valence-corrected chi connectivity index (χ4v) is 4.12. The molecule has 2 saturated heterocycles. The van der Waals surface area contributed by atoms with Crippen molar-refractivity contribution in [3.05, 3.63) is 34.9 Å². The summed E-state index contributed by atoms with van der Waals surface area (Å²) in [4.78, 5) is 40.1. The fraction of sp³-hybridized carbons (Fsp3) is 0.550. The van der Waals surface area contributed by atoms with Crippen LogP contribution in [0.25, 0.3) is 0 Å². The zero-order valence-electron chi connectivity index (χ0n) is 16.1. The Morgan fingerprint density at radius 3 is 2.96 bits per heavy atom. The minimum absolute atomic E-state index is 0.134. The van der Waals surface area contributed by atoms with E-state index in [1.807, 2.05) is 12.1 Å². The number of benzene rings is 1. The number of rotatable bonds is 4. The van der Waals surface area contributed by atoms with Gasteiger partial charge in [0.1, 0.15) is 6.04 Å². The van der Waals surface area contributed by atoms with Crippen LogP contribution in [0, 0.1) is 0 Å². The van der Waals surface area contributed by atoms with E-state index in [1.54, 1.807) is 4.90 Å². The van der Waals surface area contributed by atoms with E-state index in [2.05, 4.69) is 28.6 Å². The van der Waals surface area contributed by atoms with Gasteiger partial charge in [-0.2, -0.15) is 0 Å². The summed E-state index contributed by atoms with van der Waals surface area (Å²) in [5.41, 5.74) is 2.72. The Morgan fingerprint density at radius 1 is 1.29 bits per heavy atom. The van der Waals surface area contributed by atoms with Crippen molar-refractivity contribution < 1.29 is 19.1 Å². The number of imide groups is 1. The summed E-state index contributed by atoms with van der Waals surface area (Å²) in [5.74, 6) is -0.781. The highest BCUT2D eigenvalue weighted by molar-refractivity contribution is 6.05. The molecule has 2 N–H and O–H groups in total. The maximum absolute atomic E-state index is 12.8. The first-order chi connectivity index (χ1) is 13.5. The van der Waals surface area contributed by atoms with E-state index < -0.39 is 6.04 Å². The molecule has 1 aromatic rings. The molecule has 0 spiro atoms. The molecule has 28 heavy (non-hydrogen) atoms. The molecule has 2 unspecified atom stereocenters. The Kier molecular flexibility index (Phi) is 5.43. The number of amides is 3. The van der Waals surface area contributed by atoms with Crippen LogP contribution in [-0.4, -0.2) is 73.0 Å². The van der Waals surface area contributed by atoms with Crippen LogP contribution in [-0.2, 0) is 27.4 Å². The topological polar surface area (TPSA) is 91.0 Å². The smallest absolute Gasteiger partial charge is 0.255 e. The lowest BCUT2D eigenvalue weighted by Gasteiger charge is -2.29. The molecule has 2 atom stereocenters. The molecule has 0 saturated carbocycles. The van der Waals surface area contributed by atoms with Gasteiger partial charge in [-0.3, -0.25) is 24.6 Å². The lowest BCUT2D eigenvalue weighted by Crippen LogP contribution is -2.52. The molecule has 4 rings (SSSR count). The van der Waals surface area contributed by atoms with Gasteiger partial charge >= 0.3 is 0 Å². The van der Waals surface area contributed by atoms with Crippen molar-refractivity contribution in [3.63, 3.8) is 0 Å². The van der Waals surface area contributed by atoms with Crippen LogP contribution in [0.2, 0.25) is 0 Å². The number of ether oxygens (including phenoxy) is 1. The Bertz CT molecular complexity index is 788. The van der Waals surface area contributed by atoms with E-state index in [0.29, 0.717) is 31.2 Å². The van der Waals surface area contributed by atoms with Gasteiger partial charge in [0.15, 0.2) is 0 Å². The van der Waals surface area contributed by atoms with Gasteiger partial charge in [-0.25, -0.2) is 0 Å². The SMILES string of the molecule is CN(Cc1ccc2c(c1)CN(C1CCC(=O)NC1=O)C2=O)C1CNCCOC1. The molecule has 3 aliphatic heterocycles. The molecule has 0 bridgehead atoms. The molecule has 2 fully saturated rings. The number of hydrogen-bond acceptors (Lipinski definition) is 6. The second kappa shape index (κ2) is 7.98. The van der Waals surface area contributed by atoms with Gasteiger partial charge in [0, 0.05) is 44.2 Å². The van der Waals surface area contributed by atoms with Crippen molar-refractivity contribution in [2.75, 3.05) is 33.4 Å². The highest BCUT2D eigenvalue weighted by Gasteiger charge is 2.39. The van der Waals surface area contributed by atoms with Gasteiger partial charge in [-0.1, -0.05) is 12.1 Å². The predicted octanol–water partition coefficient (Wildman–Crippen LogP) is -0.132. The van der Waals surface area contributed by atoms with Crippen molar-refractivity contribution in [1.82, 2.24) is 20.4 Å². The van der Waals surface area contributed by atoms with Crippen LogP contribution in [0.1, 0.15) is 34.3 Å². The number of nitrogens with zero attached hydrogens (tertiary/aromatic N) is 2. The third kappa shape index (κ3) is 3.80. The highest BCUT2D eigenvalue weighted by Crippen LogP contribution is 2.28. The van der Waals surface area contributed by atoms with Gasteiger partial charge in [0.05, 0.1) is 13.2 Å². The number of carbonyl (C=O) groups is 3. The third-order valence-corrected chi connectivity index (χ3v) is 5.76. The van der Waals surface area contributed by atoms with Gasteiger partial charge < -0.3 is 15.0 Å². The van der Waals surface area contributed by atoms with Gasteiger partial charge in [-0.15, -0.1) is 0 Å². The first-order valence-corrected chi connectivity index (χ1v) is 9.78. The van der Waals surface area contributed by atoms with Crippen LogP contribution in [0.4, 0.5) is 0 Å². The van der Waals surface area contributed by atoms with Crippen molar-refractivity contribution in [1.29, 1.82) is 0 Å². The summed E-state index contributed by atoms with van der Waals surface area (Å²) in [7, 11) is 2.08. The molecule has 150 valence electrons. The molecule has 0 aromatic heterocycles. The van der Waals surface area contributed by atoms with Crippen LogP contribution < -0.4 is 10.6 Å². The third-order valence-electron chi connectivity index (χ3n) is 5.76. The second-order valence-corrected chi connectivity index (χ2v) is 7.74. The van der Waals surface area contributed by atoms with Crippen LogP contribution >= 0.6 is 0 Å². The first-order valence-electron chi connectivity index (χ1n) is 9.78. The maximum Gasteiger partial charge on any atom is 0.255 e. The van der Waals surface area contributed by atoms with Crippen LogP contribution in [0.5, 0.6) is 0 Å². The molecule has 3 amide bonds. The van der Waals surface area contributed by atoms with E-state index in [0.717, 1.165) is 37.4 Å². The van der Waals surface area contributed by atoms with E-state index in [4.69, 9.17) is 4.74 Å². The number of nitrogens with one attached hydrogen (secondary N) is 2. The molecular weight excluding hydrogens is 360 g/mol. The number of fused-ring (bicyclic) bond motifs is 1. The summed E-state index contributed by atoms with van der Waals surface area (Å²) < 4.78 is 5.64. The van der Waals surface area contributed by atoms with Gasteiger partial charge in [-0.05, 0) is 30.7 Å². The molecule has 0 radical (unpaired) electrons. The first kappa shape index (κ1) is 19.0. The van der Waals surface area contributed by atoms with E-state index in [1.165, 1.54) is 0 Å². The van der Waals surface area contributed by atoms with Gasteiger partial charge in [0.2, 0.25) is 11.8 Å². The van der Waals surface area contributed by atoms with Crippen molar-refractivity contribution >= 4 is 17.7 Å². The zero-order valence-corrected chi connectivity index (χ0v) is 16.1. The number of piperidine rings is 1. The normalized spacial score (nSPS) is 25.6. The molecule has 0 aliphatic carbocycles. The van der Waals surface area contributed by atoms with Crippen molar-refractivity contribution in [2.24, 2.45) is 0 Å². The zero-order chi connectivity index (χ0) is 19.7. The minimum atomic E-state index is -0.571. The Balaban J connectivity index is 1.45. The minimum Gasteiger partial charge on any atom is -0.378 e. The highest BCUT2D eigenvalue weighted by atomic mass is 16.5. The summed E-state index contributed by atoms with van der Waals surface area (Å²) in [6, 6.07) is 5.62. The Hall–Kier alpha value is -2.29. The van der Waals surface area contributed by atoms with E-state index in [9.17, 15) is 14.4 Å². The fourth-order valence-electron chi connectivity index (χ4n) is 4.12. The van der Waals surface area contributed by atoms with Crippen molar-refractivity contribution in [3.8, 4) is 0 Å². The van der Waals surface area contributed by atoms with E-state index >= 15 is 0 Å². The lowest BCUT2D eigenvalue weighted by molar-refractivity contribution is -0.136. The van der Waals surface area contributed by atoms with Crippen LogP contribution in [0.3, 0.4) is 0 Å². The maximum atomic E-state index is 12.8. The standard InChI is InChI=1S/C20H26N4O4/c1-23(15-9-21-6-7-28-12-15)10-13-2-3-16-14(8-13)11-24(20(16)27)17-4-5-18(25)22-19(17)26/h2-3,8,15,17,21H,4-7,9-12H2,1H3,(H,22,25,26). The molecular formula is C20H26N4O4. The average Bonchev–Trinajstić information content (AvgIpc) is 2.85. The molecule has 8 heteroatoms. The number of carbonyl (C=O) groups excluding carboxylic acids is 3. The van der Waals surface area contributed by atoms with E-state index in [-0.39, 0.29) is 24.1 Å². The largest absolute Gasteiger partial charge is 0.378 e. The Labute approximate surface area is 164 Å². The Morgan fingerprint density at radius 2 is 2.14 bits per heavy atom. The molecule has 3 heterocycles. The number of hydrogen-bond donors (Lipinski definition) is 2. The average molecular weight is 386 g/mol. The summed E-state index contributed by atoms with van der Waals surface area (Å²) in [6.45, 7) is 4.38. The molecule has 1 aromatic carbocycles. The van der Waals surface area contributed by atoms with Crippen LogP contribution in [0.15, 0.2) is 18.2 Å². The predicted molar refractivity (Wildman–Crippen MR) is 101 cm³/mol. The molecule has 8 nitrogen and oxygen atoms in total. The molecule has 3 aliphatic rings. The number of likely N-dealkylation sites (N-methyl/N-ethyl adjacent to an activating group) is 1. The lowest BCUT2D eigenvalue weighted by atomic mass is 10.0. The van der Waals surface area contributed by atoms with Gasteiger partial charge in [0.25, 0.3) is 5.91 Å². The summed E-state index contributed by atoms with van der Waals surface area (Å²) in [6.07, 6.45) is 0.652. The van der Waals surface area contributed by atoms with Crippen molar-refractivity contribution in [2.45, 2.75) is 38.0 Å².